The molecule has 2 aromatic rings. The molecule has 2 aliphatic heterocycles. The second kappa shape index (κ2) is 6.89. The number of ether oxygens (including phenoxy) is 1. The van der Waals surface area contributed by atoms with Crippen molar-refractivity contribution in [2.24, 2.45) is 12.5 Å². The van der Waals surface area contributed by atoms with Gasteiger partial charge in [-0.05, 0) is 32.0 Å². The van der Waals surface area contributed by atoms with Crippen LogP contribution in [-0.4, -0.2) is 64.7 Å². The number of hydrogen-bond donors (Lipinski definition) is 0. The Morgan fingerprint density at radius 2 is 2.19 bits per heavy atom. The van der Waals surface area contributed by atoms with Crippen LogP contribution in [0.1, 0.15) is 28.6 Å². The zero-order chi connectivity index (χ0) is 18.1. The number of imidazole rings is 1. The fraction of sp³-hybridized carbons (Fsp3) is 0.579. The monoisotopic (exact) mass is 358 g/mol. The van der Waals surface area contributed by atoms with E-state index in [0.29, 0.717) is 32.1 Å². The van der Waals surface area contributed by atoms with Gasteiger partial charge in [-0.15, -0.1) is 0 Å². The van der Waals surface area contributed by atoms with Gasteiger partial charge in [0.1, 0.15) is 11.6 Å². The molecule has 26 heavy (non-hydrogen) atoms. The molecule has 2 aliphatic rings. The molecule has 0 radical (unpaired) electrons. The highest BCUT2D eigenvalue weighted by molar-refractivity contribution is 5.91. The van der Waals surface area contributed by atoms with Gasteiger partial charge in [0.2, 0.25) is 0 Å². The van der Waals surface area contributed by atoms with Gasteiger partial charge in [0.15, 0.2) is 5.76 Å². The molecule has 4 rings (SSSR count). The normalized spacial score (nSPS) is 24.3. The summed E-state index contributed by atoms with van der Waals surface area (Å²) >= 11 is 0. The lowest BCUT2D eigenvalue weighted by Gasteiger charge is -2.31. The van der Waals surface area contributed by atoms with Crippen molar-refractivity contribution in [3.8, 4) is 0 Å². The Balaban J connectivity index is 1.45. The van der Waals surface area contributed by atoms with Gasteiger partial charge in [-0.25, -0.2) is 4.98 Å². The molecule has 7 nitrogen and oxygen atoms in total. The Kier molecular flexibility index (Phi) is 4.58. The molecule has 1 spiro atoms. The molecule has 0 N–H and O–H groups in total. The van der Waals surface area contributed by atoms with E-state index in [2.05, 4.69) is 14.5 Å². The fourth-order valence-corrected chi connectivity index (χ4v) is 4.03. The molecule has 0 aromatic carbocycles. The predicted molar refractivity (Wildman–Crippen MR) is 95.7 cm³/mol. The van der Waals surface area contributed by atoms with E-state index < -0.39 is 0 Å². The number of hydrogen-bond acceptors (Lipinski definition) is 5. The van der Waals surface area contributed by atoms with Crippen molar-refractivity contribution in [3.05, 3.63) is 41.9 Å². The lowest BCUT2D eigenvalue weighted by molar-refractivity contribution is 0.0622. The average Bonchev–Trinajstić information content (AvgIpc) is 3.28. The first-order valence-corrected chi connectivity index (χ1v) is 9.17. The first kappa shape index (κ1) is 17.3. The molecule has 0 unspecified atom stereocenters. The minimum atomic E-state index is -0.0365. The lowest BCUT2D eigenvalue weighted by Crippen LogP contribution is -2.43. The Hall–Kier alpha value is -2.12. The van der Waals surface area contributed by atoms with E-state index >= 15 is 0 Å². The maximum atomic E-state index is 12.8. The van der Waals surface area contributed by atoms with E-state index in [1.165, 1.54) is 0 Å². The van der Waals surface area contributed by atoms with E-state index in [-0.39, 0.29) is 11.3 Å². The fourth-order valence-electron chi connectivity index (χ4n) is 4.03. The molecule has 0 saturated carbocycles. The van der Waals surface area contributed by atoms with Crippen LogP contribution < -0.4 is 0 Å². The highest BCUT2D eigenvalue weighted by Gasteiger charge is 2.42. The van der Waals surface area contributed by atoms with Crippen LogP contribution in [0.3, 0.4) is 0 Å². The number of nitrogens with zero attached hydrogens (tertiary/aromatic N) is 4. The third kappa shape index (κ3) is 3.41. The van der Waals surface area contributed by atoms with Gasteiger partial charge in [-0.2, -0.15) is 0 Å². The molecule has 7 heteroatoms. The summed E-state index contributed by atoms with van der Waals surface area (Å²) in [7, 11) is 2.02. The minimum absolute atomic E-state index is 0.0149. The van der Waals surface area contributed by atoms with Crippen molar-refractivity contribution in [1.29, 1.82) is 0 Å². The summed E-state index contributed by atoms with van der Waals surface area (Å²) < 4.78 is 13.5. The lowest BCUT2D eigenvalue weighted by atomic mass is 9.87. The number of aryl methyl sites for hydroxylation is 2. The molecule has 2 fully saturated rings. The SMILES string of the molecule is Cc1ccc(C(=O)N2CCOC[C@@]3(CCN(Cc4nccn4C)C3)C2)o1. The third-order valence-electron chi connectivity index (χ3n) is 5.48. The molecule has 1 atom stereocenters. The first-order valence-electron chi connectivity index (χ1n) is 9.17. The van der Waals surface area contributed by atoms with E-state index in [0.717, 1.165) is 37.6 Å². The van der Waals surface area contributed by atoms with Gasteiger partial charge in [-0.3, -0.25) is 9.69 Å². The quantitative estimate of drug-likeness (QED) is 0.835. The highest BCUT2D eigenvalue weighted by atomic mass is 16.5. The maximum absolute atomic E-state index is 12.8. The summed E-state index contributed by atoms with van der Waals surface area (Å²) in [5.74, 6) is 2.21. The number of furan rings is 1. The number of amides is 1. The molecule has 0 bridgehead atoms. The van der Waals surface area contributed by atoms with Crippen molar-refractivity contribution < 1.29 is 13.9 Å². The largest absolute Gasteiger partial charge is 0.456 e. The van der Waals surface area contributed by atoms with Crippen LogP contribution in [-0.2, 0) is 18.3 Å². The number of carbonyl (C=O) groups is 1. The molecule has 140 valence electrons. The second-order valence-corrected chi connectivity index (χ2v) is 7.60. The Bertz CT molecular complexity index is 783. The van der Waals surface area contributed by atoms with Crippen LogP contribution in [0, 0.1) is 12.3 Å². The van der Waals surface area contributed by atoms with Gasteiger partial charge in [-0.1, -0.05) is 0 Å². The van der Waals surface area contributed by atoms with Crippen LogP contribution in [0.15, 0.2) is 28.9 Å². The van der Waals surface area contributed by atoms with Crippen molar-refractivity contribution >= 4 is 5.91 Å². The van der Waals surface area contributed by atoms with Gasteiger partial charge in [0, 0.05) is 44.5 Å². The standard InChI is InChI=1S/C19H26N4O3/c1-15-3-4-16(26-15)18(24)23-9-10-25-14-19(13-23)5-7-22(12-19)11-17-20-6-8-21(17)2/h3-4,6,8H,5,7,9-14H2,1-2H3/t19-/m1/s1. The summed E-state index contributed by atoms with van der Waals surface area (Å²) in [5, 5.41) is 0. The van der Waals surface area contributed by atoms with Gasteiger partial charge >= 0.3 is 0 Å². The highest BCUT2D eigenvalue weighted by Crippen LogP contribution is 2.34. The number of rotatable bonds is 3. The third-order valence-corrected chi connectivity index (χ3v) is 5.48. The summed E-state index contributed by atoms with van der Waals surface area (Å²) in [6, 6.07) is 3.60. The maximum Gasteiger partial charge on any atom is 0.289 e. The van der Waals surface area contributed by atoms with Gasteiger partial charge < -0.3 is 18.6 Å². The molecule has 4 heterocycles. The van der Waals surface area contributed by atoms with E-state index in [1.54, 1.807) is 6.07 Å². The number of likely N-dealkylation sites (tertiary alicyclic amines) is 1. The molecule has 1 amide bonds. The summed E-state index contributed by atoms with van der Waals surface area (Å²) in [6.07, 6.45) is 4.84. The van der Waals surface area contributed by atoms with Crippen molar-refractivity contribution in [2.75, 3.05) is 39.4 Å². The minimum Gasteiger partial charge on any atom is -0.456 e. The van der Waals surface area contributed by atoms with Crippen molar-refractivity contribution in [3.63, 3.8) is 0 Å². The van der Waals surface area contributed by atoms with E-state index in [9.17, 15) is 4.79 Å². The molecule has 0 aliphatic carbocycles. The Morgan fingerprint density at radius 1 is 1.31 bits per heavy atom. The smallest absolute Gasteiger partial charge is 0.289 e. The number of carbonyl (C=O) groups excluding carboxylic acids is 1. The van der Waals surface area contributed by atoms with Gasteiger partial charge in [0.05, 0.1) is 19.8 Å². The van der Waals surface area contributed by atoms with Crippen molar-refractivity contribution in [1.82, 2.24) is 19.4 Å². The van der Waals surface area contributed by atoms with Crippen LogP contribution >= 0.6 is 0 Å². The molecule has 2 aromatic heterocycles. The van der Waals surface area contributed by atoms with Crippen LogP contribution in [0.25, 0.3) is 0 Å². The Labute approximate surface area is 153 Å². The Morgan fingerprint density at radius 3 is 2.92 bits per heavy atom. The topological polar surface area (TPSA) is 63.7 Å². The van der Waals surface area contributed by atoms with E-state index in [4.69, 9.17) is 9.15 Å². The van der Waals surface area contributed by atoms with Crippen LogP contribution in [0.2, 0.25) is 0 Å². The molecular weight excluding hydrogens is 332 g/mol. The second-order valence-electron chi connectivity index (χ2n) is 7.60. The van der Waals surface area contributed by atoms with Gasteiger partial charge in [0.25, 0.3) is 5.91 Å². The molecular formula is C19H26N4O3. The zero-order valence-electron chi connectivity index (χ0n) is 15.5. The summed E-state index contributed by atoms with van der Waals surface area (Å²) in [5.41, 5.74) is -0.0149. The summed E-state index contributed by atoms with van der Waals surface area (Å²) in [6.45, 7) is 7.20. The summed E-state index contributed by atoms with van der Waals surface area (Å²) in [4.78, 5) is 21.6. The average molecular weight is 358 g/mol. The van der Waals surface area contributed by atoms with E-state index in [1.807, 2.05) is 37.3 Å². The predicted octanol–water partition coefficient (Wildman–Crippen LogP) is 1.69. The first-order chi connectivity index (χ1) is 12.5. The van der Waals surface area contributed by atoms with Crippen molar-refractivity contribution in [2.45, 2.75) is 19.9 Å². The van der Waals surface area contributed by atoms with Crippen LogP contribution in [0.5, 0.6) is 0 Å². The number of aromatic nitrogens is 2. The zero-order valence-corrected chi connectivity index (χ0v) is 15.5. The molecule has 2 saturated heterocycles. The van der Waals surface area contributed by atoms with Crippen LogP contribution in [0.4, 0.5) is 0 Å².